The molecule has 1 rings (SSSR count). The molecule has 1 amide bonds. The highest BCUT2D eigenvalue weighted by molar-refractivity contribution is 7.99. The van der Waals surface area contributed by atoms with Crippen LogP contribution in [0.3, 0.4) is 0 Å². The first kappa shape index (κ1) is 17.7. The summed E-state index contributed by atoms with van der Waals surface area (Å²) in [7, 11) is 0. The minimum atomic E-state index is -0.392. The van der Waals surface area contributed by atoms with Crippen molar-refractivity contribution in [2.75, 3.05) is 24.7 Å². The lowest BCUT2D eigenvalue weighted by molar-refractivity contribution is 0.0953. The third kappa shape index (κ3) is 5.51. The molecule has 118 valence electrons. The molecule has 1 aromatic heterocycles. The van der Waals surface area contributed by atoms with E-state index in [1.165, 1.54) is 0 Å². The number of aromatic nitrogens is 2. The molecular formula is C14H23N3O3S. The summed E-state index contributed by atoms with van der Waals surface area (Å²) in [5.41, 5.74) is 0.143. The van der Waals surface area contributed by atoms with Gasteiger partial charge in [0.25, 0.3) is 11.5 Å². The Hall–Kier alpha value is -1.34. The van der Waals surface area contributed by atoms with Gasteiger partial charge in [-0.15, -0.1) is 0 Å². The topological polar surface area (TPSA) is 95.1 Å². The van der Waals surface area contributed by atoms with Gasteiger partial charge in [-0.1, -0.05) is 13.8 Å². The number of rotatable bonds is 8. The molecule has 0 aliphatic heterocycles. The molecule has 1 heterocycles. The van der Waals surface area contributed by atoms with E-state index in [0.29, 0.717) is 18.1 Å². The largest absolute Gasteiger partial charge is 0.396 e. The van der Waals surface area contributed by atoms with Crippen LogP contribution >= 0.6 is 11.8 Å². The second-order valence-electron chi connectivity index (χ2n) is 5.01. The van der Waals surface area contributed by atoms with Crippen LogP contribution < -0.4 is 10.9 Å². The van der Waals surface area contributed by atoms with Crippen LogP contribution in [-0.4, -0.2) is 45.6 Å². The monoisotopic (exact) mass is 313 g/mol. The summed E-state index contributed by atoms with van der Waals surface area (Å²) < 4.78 is 0. The lowest BCUT2D eigenvalue weighted by Crippen LogP contribution is -2.33. The fraction of sp³-hybridized carbons (Fsp3) is 0.643. The highest BCUT2D eigenvalue weighted by atomic mass is 32.2. The van der Waals surface area contributed by atoms with E-state index in [2.05, 4.69) is 15.3 Å². The minimum Gasteiger partial charge on any atom is -0.396 e. The minimum absolute atomic E-state index is 0.0831. The lowest BCUT2D eigenvalue weighted by atomic mass is 10.1. The molecule has 0 aliphatic rings. The summed E-state index contributed by atoms with van der Waals surface area (Å²) in [4.78, 5) is 31.0. The molecule has 0 fully saturated rings. The second-order valence-corrected chi connectivity index (χ2v) is 6.24. The number of nitrogens with zero attached hydrogens (tertiary/aromatic N) is 1. The van der Waals surface area contributed by atoms with Crippen LogP contribution in [0.1, 0.15) is 48.1 Å². The van der Waals surface area contributed by atoms with Crippen molar-refractivity contribution in [1.29, 1.82) is 0 Å². The van der Waals surface area contributed by atoms with Gasteiger partial charge in [0.1, 0.15) is 11.4 Å². The zero-order valence-electron chi connectivity index (χ0n) is 12.7. The first-order valence-corrected chi connectivity index (χ1v) is 8.20. The molecule has 0 saturated heterocycles. The predicted molar refractivity (Wildman–Crippen MR) is 85.0 cm³/mol. The van der Waals surface area contributed by atoms with Crippen molar-refractivity contribution in [2.45, 2.75) is 33.1 Å². The number of hydrogen-bond donors (Lipinski definition) is 3. The van der Waals surface area contributed by atoms with E-state index in [9.17, 15) is 9.59 Å². The Labute approximate surface area is 128 Å². The van der Waals surface area contributed by atoms with Crippen LogP contribution in [0.4, 0.5) is 0 Å². The molecule has 0 spiro atoms. The van der Waals surface area contributed by atoms with Gasteiger partial charge in [-0.3, -0.25) is 9.59 Å². The van der Waals surface area contributed by atoms with Gasteiger partial charge in [-0.05, 0) is 19.1 Å². The molecule has 7 heteroatoms. The van der Waals surface area contributed by atoms with Gasteiger partial charge in [-0.25, -0.2) is 4.98 Å². The lowest BCUT2D eigenvalue weighted by Gasteiger charge is -2.09. The van der Waals surface area contributed by atoms with Crippen molar-refractivity contribution >= 4 is 17.7 Å². The van der Waals surface area contributed by atoms with Crippen LogP contribution in [0.2, 0.25) is 0 Å². The fourth-order valence-corrected chi connectivity index (χ4v) is 2.53. The molecule has 0 aromatic carbocycles. The maximum Gasteiger partial charge on any atom is 0.264 e. The zero-order chi connectivity index (χ0) is 15.8. The summed E-state index contributed by atoms with van der Waals surface area (Å²) in [6, 6.07) is 0. The SMILES string of the molecule is Cc1nc(C(C)C)[nH]c(=O)c1C(=O)NCCSCCCO. The van der Waals surface area contributed by atoms with Crippen molar-refractivity contribution in [1.82, 2.24) is 15.3 Å². The summed E-state index contributed by atoms with van der Waals surface area (Å²) >= 11 is 1.65. The molecular weight excluding hydrogens is 290 g/mol. The number of amides is 1. The number of H-pyrrole nitrogens is 1. The molecule has 0 radical (unpaired) electrons. The normalized spacial score (nSPS) is 10.9. The first-order chi connectivity index (χ1) is 9.97. The zero-order valence-corrected chi connectivity index (χ0v) is 13.5. The average Bonchev–Trinajstić information content (AvgIpc) is 2.41. The number of nitrogens with one attached hydrogen (secondary N) is 2. The van der Waals surface area contributed by atoms with Gasteiger partial charge in [0.2, 0.25) is 0 Å². The van der Waals surface area contributed by atoms with Crippen LogP contribution in [0.5, 0.6) is 0 Å². The smallest absolute Gasteiger partial charge is 0.264 e. The summed E-state index contributed by atoms with van der Waals surface area (Å²) in [5, 5.41) is 11.4. The van der Waals surface area contributed by atoms with Crippen LogP contribution in [-0.2, 0) is 0 Å². The molecule has 0 bridgehead atoms. The van der Waals surface area contributed by atoms with E-state index in [-0.39, 0.29) is 24.0 Å². The number of aliphatic hydroxyl groups excluding tert-OH is 1. The maximum absolute atomic E-state index is 12.0. The van der Waals surface area contributed by atoms with Crippen LogP contribution in [0.15, 0.2) is 4.79 Å². The van der Waals surface area contributed by atoms with E-state index in [1.807, 2.05) is 13.8 Å². The van der Waals surface area contributed by atoms with Crippen molar-refractivity contribution in [3.63, 3.8) is 0 Å². The van der Waals surface area contributed by atoms with Crippen molar-refractivity contribution in [3.8, 4) is 0 Å². The third-order valence-corrected chi connectivity index (χ3v) is 3.94. The molecule has 3 N–H and O–H groups in total. The van der Waals surface area contributed by atoms with Gasteiger partial charge >= 0.3 is 0 Å². The number of thioether (sulfide) groups is 1. The Kier molecular flexibility index (Phi) is 7.45. The number of carbonyl (C=O) groups excluding carboxylic acids is 1. The van der Waals surface area contributed by atoms with Crippen molar-refractivity contribution in [2.24, 2.45) is 0 Å². The first-order valence-electron chi connectivity index (χ1n) is 7.05. The van der Waals surface area contributed by atoms with E-state index < -0.39 is 5.56 Å². The summed E-state index contributed by atoms with van der Waals surface area (Å²) in [6.45, 7) is 6.20. The van der Waals surface area contributed by atoms with Crippen LogP contribution in [0, 0.1) is 6.92 Å². The number of aryl methyl sites for hydroxylation is 1. The third-order valence-electron chi connectivity index (χ3n) is 2.87. The number of aliphatic hydroxyl groups is 1. The Balaban J connectivity index is 2.60. The average molecular weight is 313 g/mol. The molecule has 0 atom stereocenters. The Morgan fingerprint density at radius 2 is 2.14 bits per heavy atom. The maximum atomic E-state index is 12.0. The van der Waals surface area contributed by atoms with Gasteiger partial charge in [0, 0.05) is 24.8 Å². The molecule has 1 aromatic rings. The number of aromatic amines is 1. The standard InChI is InChI=1S/C14H23N3O3S/c1-9(2)12-16-10(3)11(14(20)17-12)13(19)15-5-8-21-7-4-6-18/h9,18H,4-8H2,1-3H3,(H,15,19)(H,16,17,20). The van der Waals surface area contributed by atoms with Crippen molar-refractivity contribution in [3.05, 3.63) is 27.4 Å². The summed E-state index contributed by atoms with van der Waals surface area (Å²) in [5.74, 6) is 1.92. The Morgan fingerprint density at radius 3 is 2.71 bits per heavy atom. The molecule has 0 unspecified atom stereocenters. The fourth-order valence-electron chi connectivity index (χ4n) is 1.74. The second kappa shape index (κ2) is 8.84. The van der Waals surface area contributed by atoms with E-state index in [4.69, 9.17) is 5.11 Å². The van der Waals surface area contributed by atoms with Crippen LogP contribution in [0.25, 0.3) is 0 Å². The van der Waals surface area contributed by atoms with Gasteiger partial charge in [-0.2, -0.15) is 11.8 Å². The van der Waals surface area contributed by atoms with Gasteiger partial charge < -0.3 is 15.4 Å². The predicted octanol–water partition coefficient (Wildman–Crippen LogP) is 1.05. The molecule has 21 heavy (non-hydrogen) atoms. The molecule has 0 saturated carbocycles. The highest BCUT2D eigenvalue weighted by Gasteiger charge is 2.16. The van der Waals surface area contributed by atoms with Gasteiger partial charge in [0.15, 0.2) is 0 Å². The van der Waals surface area contributed by atoms with Crippen molar-refractivity contribution < 1.29 is 9.90 Å². The van der Waals surface area contributed by atoms with E-state index in [1.54, 1.807) is 18.7 Å². The quantitative estimate of drug-likeness (QED) is 0.624. The number of carbonyl (C=O) groups is 1. The van der Waals surface area contributed by atoms with E-state index in [0.717, 1.165) is 17.9 Å². The Morgan fingerprint density at radius 1 is 1.43 bits per heavy atom. The highest BCUT2D eigenvalue weighted by Crippen LogP contribution is 2.08. The summed E-state index contributed by atoms with van der Waals surface area (Å²) in [6.07, 6.45) is 0.748. The molecule has 0 aliphatic carbocycles. The Bertz CT molecular complexity index is 529. The van der Waals surface area contributed by atoms with E-state index >= 15 is 0 Å². The van der Waals surface area contributed by atoms with Gasteiger partial charge in [0.05, 0.1) is 5.69 Å². The number of hydrogen-bond acceptors (Lipinski definition) is 5. The molecule has 6 nitrogen and oxygen atoms in total.